The molecule has 0 atom stereocenters. The van der Waals surface area contributed by atoms with Crippen LogP contribution in [0.15, 0.2) is 46.0 Å². The zero-order valence-corrected chi connectivity index (χ0v) is 12.0. The maximum atomic E-state index is 8.65. The van der Waals surface area contributed by atoms with E-state index >= 15 is 0 Å². The fourth-order valence-electron chi connectivity index (χ4n) is 1.45. The Bertz CT molecular complexity index is 553. The van der Waals surface area contributed by atoms with Crippen LogP contribution in [0, 0.1) is 11.8 Å². The van der Waals surface area contributed by atoms with Crippen LogP contribution in [0.5, 0.6) is 5.75 Å². The van der Waals surface area contributed by atoms with Crippen molar-refractivity contribution in [2.24, 2.45) is 0 Å². The molecule has 0 spiro atoms. The van der Waals surface area contributed by atoms with Gasteiger partial charge in [0.15, 0.2) is 0 Å². The standard InChI is InChI=1S/C15H14O2S2/c16-8-2-5-13-4-1-6-14(12-13)17-9-11-19-15-7-3-10-18-15/h1,3-4,6-7,10,12,16H,8-9,11H2. The van der Waals surface area contributed by atoms with E-state index in [-0.39, 0.29) is 6.61 Å². The molecule has 2 aromatic rings. The van der Waals surface area contributed by atoms with E-state index in [1.54, 1.807) is 23.1 Å². The van der Waals surface area contributed by atoms with Crippen molar-refractivity contribution in [3.63, 3.8) is 0 Å². The van der Waals surface area contributed by atoms with Crippen LogP contribution >= 0.6 is 23.1 Å². The van der Waals surface area contributed by atoms with E-state index in [1.165, 1.54) is 4.21 Å². The quantitative estimate of drug-likeness (QED) is 0.521. The van der Waals surface area contributed by atoms with Gasteiger partial charge in [0.05, 0.1) is 10.8 Å². The minimum atomic E-state index is -0.122. The highest BCUT2D eigenvalue weighted by Crippen LogP contribution is 2.23. The van der Waals surface area contributed by atoms with E-state index in [0.717, 1.165) is 17.1 Å². The van der Waals surface area contributed by atoms with Gasteiger partial charge in [0.1, 0.15) is 12.4 Å². The van der Waals surface area contributed by atoms with Crippen LogP contribution in [0.3, 0.4) is 0 Å². The molecule has 0 saturated heterocycles. The zero-order chi connectivity index (χ0) is 13.3. The molecule has 4 heteroatoms. The lowest BCUT2D eigenvalue weighted by molar-refractivity contribution is 0.344. The smallest absolute Gasteiger partial charge is 0.120 e. The minimum Gasteiger partial charge on any atom is -0.493 e. The summed E-state index contributed by atoms with van der Waals surface area (Å²) in [6.07, 6.45) is 0. The van der Waals surface area contributed by atoms with Crippen molar-refractivity contribution in [3.05, 3.63) is 47.3 Å². The van der Waals surface area contributed by atoms with Crippen molar-refractivity contribution in [2.45, 2.75) is 4.21 Å². The van der Waals surface area contributed by atoms with Gasteiger partial charge in [-0.2, -0.15) is 0 Å². The Morgan fingerprint density at radius 1 is 1.26 bits per heavy atom. The van der Waals surface area contributed by atoms with Gasteiger partial charge in [-0.15, -0.1) is 23.1 Å². The summed E-state index contributed by atoms with van der Waals surface area (Å²) in [4.78, 5) is 0. The number of thioether (sulfide) groups is 1. The molecule has 1 N–H and O–H groups in total. The number of ether oxygens (including phenoxy) is 1. The van der Waals surface area contributed by atoms with Crippen LogP contribution in [0.4, 0.5) is 0 Å². The number of aliphatic hydroxyl groups is 1. The Kier molecular flexibility index (Phi) is 5.83. The van der Waals surface area contributed by atoms with Gasteiger partial charge in [0.2, 0.25) is 0 Å². The predicted molar refractivity (Wildman–Crippen MR) is 80.9 cm³/mol. The van der Waals surface area contributed by atoms with Crippen molar-refractivity contribution in [1.29, 1.82) is 0 Å². The van der Waals surface area contributed by atoms with Gasteiger partial charge in [-0.25, -0.2) is 0 Å². The molecular weight excluding hydrogens is 276 g/mol. The molecule has 2 rings (SSSR count). The third-order valence-electron chi connectivity index (χ3n) is 2.24. The number of rotatable bonds is 5. The van der Waals surface area contributed by atoms with Crippen LogP contribution in [-0.4, -0.2) is 24.1 Å². The third-order valence-corrected chi connectivity index (χ3v) is 4.33. The van der Waals surface area contributed by atoms with Gasteiger partial charge in [0, 0.05) is 11.3 Å². The summed E-state index contributed by atoms with van der Waals surface area (Å²) in [7, 11) is 0. The van der Waals surface area contributed by atoms with Crippen molar-refractivity contribution in [2.75, 3.05) is 19.0 Å². The lowest BCUT2D eigenvalue weighted by Gasteiger charge is -2.05. The molecule has 1 heterocycles. The SMILES string of the molecule is OCC#Cc1cccc(OCCSc2cccs2)c1. The van der Waals surface area contributed by atoms with E-state index in [1.807, 2.05) is 24.3 Å². The lowest BCUT2D eigenvalue weighted by Crippen LogP contribution is -1.99. The third kappa shape index (κ3) is 4.99. The molecule has 0 aliphatic rings. The highest BCUT2D eigenvalue weighted by atomic mass is 32.2. The molecule has 19 heavy (non-hydrogen) atoms. The normalized spacial score (nSPS) is 9.74. The average Bonchev–Trinajstić information content (AvgIpc) is 2.95. The number of hydrogen-bond donors (Lipinski definition) is 1. The van der Waals surface area contributed by atoms with E-state index in [2.05, 4.69) is 29.4 Å². The highest BCUT2D eigenvalue weighted by molar-refractivity contribution is 8.01. The summed E-state index contributed by atoms with van der Waals surface area (Å²) in [5, 5.41) is 10.7. The van der Waals surface area contributed by atoms with Crippen LogP contribution in [0.25, 0.3) is 0 Å². The largest absolute Gasteiger partial charge is 0.493 e. The van der Waals surface area contributed by atoms with Crippen LogP contribution in [0.2, 0.25) is 0 Å². The molecule has 0 saturated carbocycles. The second-order valence-corrected chi connectivity index (χ2v) is 5.96. The van der Waals surface area contributed by atoms with Crippen LogP contribution in [-0.2, 0) is 0 Å². The second-order valence-electron chi connectivity index (χ2n) is 3.62. The topological polar surface area (TPSA) is 29.5 Å². The monoisotopic (exact) mass is 290 g/mol. The Hall–Kier alpha value is -1.41. The first-order valence-corrected chi connectivity index (χ1v) is 7.74. The minimum absolute atomic E-state index is 0.122. The second kappa shape index (κ2) is 7.90. The Morgan fingerprint density at radius 2 is 2.21 bits per heavy atom. The van der Waals surface area contributed by atoms with Crippen LogP contribution in [0.1, 0.15) is 5.56 Å². The summed E-state index contributed by atoms with van der Waals surface area (Å²) in [6, 6.07) is 11.8. The van der Waals surface area contributed by atoms with Gasteiger partial charge in [-0.3, -0.25) is 0 Å². The summed E-state index contributed by atoms with van der Waals surface area (Å²) < 4.78 is 6.99. The van der Waals surface area contributed by atoms with E-state index < -0.39 is 0 Å². The van der Waals surface area contributed by atoms with Crippen molar-refractivity contribution in [3.8, 4) is 17.6 Å². The molecule has 1 aromatic heterocycles. The van der Waals surface area contributed by atoms with Crippen molar-refractivity contribution in [1.82, 2.24) is 0 Å². The average molecular weight is 290 g/mol. The van der Waals surface area contributed by atoms with Gasteiger partial charge in [0.25, 0.3) is 0 Å². The van der Waals surface area contributed by atoms with Gasteiger partial charge >= 0.3 is 0 Å². The molecular formula is C15H14O2S2. The number of hydrogen-bond acceptors (Lipinski definition) is 4. The summed E-state index contributed by atoms with van der Waals surface area (Å²) in [5.74, 6) is 7.23. The Morgan fingerprint density at radius 3 is 3.00 bits per heavy atom. The molecule has 0 unspecified atom stereocenters. The molecule has 2 nitrogen and oxygen atoms in total. The molecule has 0 aliphatic heterocycles. The molecule has 98 valence electrons. The lowest BCUT2D eigenvalue weighted by atomic mass is 10.2. The number of benzene rings is 1. The first kappa shape index (κ1) is 14.0. The Labute approximate surface area is 121 Å². The zero-order valence-electron chi connectivity index (χ0n) is 10.3. The van der Waals surface area contributed by atoms with E-state index in [0.29, 0.717) is 6.61 Å². The van der Waals surface area contributed by atoms with Crippen molar-refractivity contribution >= 4 is 23.1 Å². The summed E-state index contributed by atoms with van der Waals surface area (Å²) in [5.41, 5.74) is 0.859. The molecule has 0 radical (unpaired) electrons. The molecule has 1 aromatic carbocycles. The Balaban J connectivity index is 1.79. The highest BCUT2D eigenvalue weighted by Gasteiger charge is 1.97. The summed E-state index contributed by atoms with van der Waals surface area (Å²) >= 11 is 3.54. The van der Waals surface area contributed by atoms with Gasteiger partial charge in [-0.05, 0) is 29.6 Å². The predicted octanol–water partition coefficient (Wildman–Crippen LogP) is 3.26. The maximum absolute atomic E-state index is 8.65. The molecule has 0 aliphatic carbocycles. The number of aliphatic hydroxyl groups excluding tert-OH is 1. The van der Waals surface area contributed by atoms with Crippen molar-refractivity contribution < 1.29 is 9.84 Å². The molecule has 0 bridgehead atoms. The van der Waals surface area contributed by atoms with Gasteiger partial charge in [-0.1, -0.05) is 24.0 Å². The first-order chi connectivity index (χ1) is 9.38. The van der Waals surface area contributed by atoms with E-state index in [9.17, 15) is 0 Å². The maximum Gasteiger partial charge on any atom is 0.120 e. The number of thiophene rings is 1. The molecule has 0 fully saturated rings. The van der Waals surface area contributed by atoms with Crippen LogP contribution < -0.4 is 4.74 Å². The fourth-order valence-corrected chi connectivity index (χ4v) is 3.13. The van der Waals surface area contributed by atoms with E-state index in [4.69, 9.17) is 9.84 Å². The first-order valence-electron chi connectivity index (χ1n) is 5.87. The summed E-state index contributed by atoms with van der Waals surface area (Å²) in [6.45, 7) is 0.544. The molecule has 0 amide bonds. The fraction of sp³-hybridized carbons (Fsp3) is 0.200. The van der Waals surface area contributed by atoms with Gasteiger partial charge < -0.3 is 9.84 Å².